The molecule has 29 heavy (non-hydrogen) atoms. The minimum Gasteiger partial charge on any atom is -0.377 e. The van der Waals surface area contributed by atoms with E-state index in [0.717, 1.165) is 31.2 Å². The van der Waals surface area contributed by atoms with Crippen LogP contribution in [0.2, 0.25) is 0 Å². The molecule has 0 aliphatic carbocycles. The fraction of sp³-hybridized carbons (Fsp3) is 0.524. The zero-order chi connectivity index (χ0) is 19.8. The van der Waals surface area contributed by atoms with Crippen molar-refractivity contribution in [3.05, 3.63) is 53.3 Å². The zero-order valence-corrected chi connectivity index (χ0v) is 19.8. The minimum atomic E-state index is 0. The summed E-state index contributed by atoms with van der Waals surface area (Å²) in [4.78, 5) is 7.18. The van der Waals surface area contributed by atoms with Gasteiger partial charge in [-0.05, 0) is 25.0 Å². The molecule has 1 aromatic heterocycles. The number of aliphatic imine (C=N–C) groups is 1. The van der Waals surface area contributed by atoms with Crippen LogP contribution in [0, 0.1) is 0 Å². The Bertz CT molecular complexity index is 780. The highest BCUT2D eigenvalue weighted by Crippen LogP contribution is 2.22. The Kier molecular flexibility index (Phi) is 9.89. The molecule has 1 unspecified atom stereocenters. The summed E-state index contributed by atoms with van der Waals surface area (Å²) in [6.07, 6.45) is 3.90. The molecule has 0 amide bonds. The van der Waals surface area contributed by atoms with Gasteiger partial charge in [0, 0.05) is 38.5 Å². The molecule has 7 nitrogen and oxygen atoms in total. The number of hydrogen-bond acceptors (Lipinski definition) is 4. The summed E-state index contributed by atoms with van der Waals surface area (Å²) >= 11 is 0. The molecule has 1 aliphatic rings. The van der Waals surface area contributed by atoms with Crippen LogP contribution in [0.1, 0.15) is 36.6 Å². The van der Waals surface area contributed by atoms with Gasteiger partial charge in [0.1, 0.15) is 6.10 Å². The first-order valence-corrected chi connectivity index (χ1v) is 9.99. The van der Waals surface area contributed by atoms with Crippen molar-refractivity contribution in [3.8, 4) is 0 Å². The van der Waals surface area contributed by atoms with Crippen LogP contribution in [0.3, 0.4) is 0 Å². The van der Waals surface area contributed by atoms with Crippen LogP contribution in [-0.2, 0) is 29.7 Å². The molecule has 0 saturated carbocycles. The Morgan fingerprint density at radius 1 is 1.31 bits per heavy atom. The first kappa shape index (κ1) is 23.6. The SMILES string of the molecule is CCNC(=NCc1ccccc1COCC)N1CCOC(c2cnn(C)c2)C1.I. The molecule has 0 spiro atoms. The molecule has 2 heterocycles. The molecule has 1 fully saturated rings. The van der Waals surface area contributed by atoms with Crippen molar-refractivity contribution in [3.63, 3.8) is 0 Å². The average Bonchev–Trinajstić information content (AvgIpc) is 3.16. The van der Waals surface area contributed by atoms with E-state index in [1.54, 1.807) is 0 Å². The quantitative estimate of drug-likeness (QED) is 0.350. The van der Waals surface area contributed by atoms with E-state index >= 15 is 0 Å². The number of aromatic nitrogens is 2. The van der Waals surface area contributed by atoms with Crippen LogP contribution < -0.4 is 5.32 Å². The average molecular weight is 513 g/mol. The highest BCUT2D eigenvalue weighted by Gasteiger charge is 2.25. The summed E-state index contributed by atoms with van der Waals surface area (Å²) in [7, 11) is 1.93. The molecule has 3 rings (SSSR count). The van der Waals surface area contributed by atoms with Gasteiger partial charge in [-0.25, -0.2) is 4.99 Å². The molecule has 0 bridgehead atoms. The van der Waals surface area contributed by atoms with Crippen LogP contribution in [0.15, 0.2) is 41.7 Å². The molecular weight excluding hydrogens is 481 g/mol. The first-order chi connectivity index (χ1) is 13.7. The molecule has 1 aliphatic heterocycles. The number of benzene rings is 1. The number of rotatable bonds is 7. The Hall–Kier alpha value is -1.65. The predicted molar refractivity (Wildman–Crippen MR) is 125 cm³/mol. The van der Waals surface area contributed by atoms with Gasteiger partial charge in [0.25, 0.3) is 0 Å². The molecular formula is C21H32IN5O2. The van der Waals surface area contributed by atoms with Crippen molar-refractivity contribution in [2.45, 2.75) is 33.1 Å². The molecule has 1 N–H and O–H groups in total. The molecule has 8 heteroatoms. The zero-order valence-electron chi connectivity index (χ0n) is 17.5. The number of hydrogen-bond donors (Lipinski definition) is 1. The van der Waals surface area contributed by atoms with Gasteiger partial charge in [0.05, 0.1) is 32.5 Å². The predicted octanol–water partition coefficient (Wildman–Crippen LogP) is 3.11. The van der Waals surface area contributed by atoms with Gasteiger partial charge < -0.3 is 19.7 Å². The monoisotopic (exact) mass is 513 g/mol. The largest absolute Gasteiger partial charge is 0.377 e. The summed E-state index contributed by atoms with van der Waals surface area (Å²) in [5.74, 6) is 0.922. The van der Waals surface area contributed by atoms with Gasteiger partial charge in [0.15, 0.2) is 5.96 Å². The molecule has 1 atom stereocenters. The van der Waals surface area contributed by atoms with Crippen molar-refractivity contribution >= 4 is 29.9 Å². The fourth-order valence-electron chi connectivity index (χ4n) is 3.30. The van der Waals surface area contributed by atoms with Crippen molar-refractivity contribution in [1.82, 2.24) is 20.0 Å². The maximum absolute atomic E-state index is 5.97. The topological polar surface area (TPSA) is 63.9 Å². The van der Waals surface area contributed by atoms with E-state index in [-0.39, 0.29) is 30.1 Å². The summed E-state index contributed by atoms with van der Waals surface area (Å²) in [5, 5.41) is 7.70. The third-order valence-corrected chi connectivity index (χ3v) is 4.78. The summed E-state index contributed by atoms with van der Waals surface area (Å²) in [6, 6.07) is 8.34. The highest BCUT2D eigenvalue weighted by molar-refractivity contribution is 14.0. The first-order valence-electron chi connectivity index (χ1n) is 9.99. The number of nitrogens with one attached hydrogen (secondary N) is 1. The number of aryl methyl sites for hydroxylation is 1. The van der Waals surface area contributed by atoms with E-state index < -0.39 is 0 Å². The molecule has 160 valence electrons. The van der Waals surface area contributed by atoms with Gasteiger partial charge >= 0.3 is 0 Å². The summed E-state index contributed by atoms with van der Waals surface area (Å²) < 4.78 is 13.4. The second-order valence-electron chi connectivity index (χ2n) is 6.83. The molecule has 1 aromatic carbocycles. The van der Waals surface area contributed by atoms with Crippen LogP contribution in [0.5, 0.6) is 0 Å². The van der Waals surface area contributed by atoms with E-state index in [2.05, 4.69) is 40.4 Å². The van der Waals surface area contributed by atoms with Crippen molar-refractivity contribution in [2.24, 2.45) is 12.0 Å². The molecule has 2 aromatic rings. The lowest BCUT2D eigenvalue weighted by Gasteiger charge is -2.34. The van der Waals surface area contributed by atoms with Crippen molar-refractivity contribution in [2.75, 3.05) is 32.8 Å². The lowest BCUT2D eigenvalue weighted by molar-refractivity contribution is -0.00805. The molecule has 1 saturated heterocycles. The number of guanidine groups is 1. The number of ether oxygens (including phenoxy) is 2. The van der Waals surface area contributed by atoms with Gasteiger partial charge in [-0.3, -0.25) is 4.68 Å². The minimum absolute atomic E-state index is 0. The van der Waals surface area contributed by atoms with E-state index in [4.69, 9.17) is 14.5 Å². The van der Waals surface area contributed by atoms with Gasteiger partial charge in [-0.15, -0.1) is 24.0 Å². The summed E-state index contributed by atoms with van der Waals surface area (Å²) in [5.41, 5.74) is 3.49. The molecule has 0 radical (unpaired) electrons. The van der Waals surface area contributed by atoms with E-state index in [9.17, 15) is 0 Å². The second-order valence-corrected chi connectivity index (χ2v) is 6.83. The van der Waals surface area contributed by atoms with Crippen LogP contribution in [0.4, 0.5) is 0 Å². The van der Waals surface area contributed by atoms with Gasteiger partial charge in [-0.1, -0.05) is 24.3 Å². The third-order valence-electron chi connectivity index (χ3n) is 4.78. The standard InChI is InChI=1S/C21H31N5O2.HI/c1-4-22-21(23-12-17-8-6-7-9-18(17)16-27-5-2)26-10-11-28-20(15-26)19-13-24-25(3)14-19;/h6-9,13-14,20H,4-5,10-12,15-16H2,1-3H3,(H,22,23);1H. The lowest BCUT2D eigenvalue weighted by Crippen LogP contribution is -2.48. The van der Waals surface area contributed by atoms with Gasteiger partial charge in [0.2, 0.25) is 0 Å². The summed E-state index contributed by atoms with van der Waals surface area (Å²) in [6.45, 7) is 9.16. The third kappa shape index (κ3) is 6.68. The Morgan fingerprint density at radius 2 is 2.10 bits per heavy atom. The van der Waals surface area contributed by atoms with Crippen LogP contribution >= 0.6 is 24.0 Å². The van der Waals surface area contributed by atoms with Crippen molar-refractivity contribution in [1.29, 1.82) is 0 Å². The normalized spacial score (nSPS) is 17.1. The van der Waals surface area contributed by atoms with E-state index in [0.29, 0.717) is 26.4 Å². The lowest BCUT2D eigenvalue weighted by atomic mass is 10.1. The van der Waals surface area contributed by atoms with Crippen molar-refractivity contribution < 1.29 is 9.47 Å². The van der Waals surface area contributed by atoms with Gasteiger partial charge in [-0.2, -0.15) is 5.10 Å². The van der Waals surface area contributed by atoms with E-state index in [1.807, 2.05) is 37.1 Å². The Balaban J connectivity index is 0.00000300. The fourth-order valence-corrected chi connectivity index (χ4v) is 3.30. The van der Waals surface area contributed by atoms with E-state index in [1.165, 1.54) is 11.1 Å². The number of nitrogens with zero attached hydrogens (tertiary/aromatic N) is 4. The van der Waals surface area contributed by atoms with Crippen LogP contribution in [0.25, 0.3) is 0 Å². The Labute approximate surface area is 190 Å². The number of halogens is 1. The Morgan fingerprint density at radius 3 is 2.79 bits per heavy atom. The maximum atomic E-state index is 5.97. The second kappa shape index (κ2) is 12.1. The maximum Gasteiger partial charge on any atom is 0.194 e. The smallest absolute Gasteiger partial charge is 0.194 e. The number of morpholine rings is 1. The highest BCUT2D eigenvalue weighted by atomic mass is 127. The van der Waals surface area contributed by atoms with Crippen LogP contribution in [-0.4, -0.2) is 53.5 Å².